The van der Waals surface area contributed by atoms with Gasteiger partial charge in [-0.2, -0.15) is 14.9 Å². The van der Waals surface area contributed by atoms with E-state index in [0.29, 0.717) is 39.7 Å². The number of amides is 1. The lowest BCUT2D eigenvalue weighted by Gasteiger charge is -2.10. The zero-order valence-corrected chi connectivity index (χ0v) is 18.2. The monoisotopic (exact) mass is 472 g/mol. The van der Waals surface area contributed by atoms with E-state index in [2.05, 4.69) is 30.6 Å². The maximum absolute atomic E-state index is 13.3. The number of benzene rings is 1. The van der Waals surface area contributed by atoms with Gasteiger partial charge in [-0.1, -0.05) is 0 Å². The fraction of sp³-hybridized carbons (Fsp3) is 0.0435. The predicted molar refractivity (Wildman–Crippen MR) is 125 cm³/mol. The molecule has 174 valence electrons. The number of H-pyrrole nitrogens is 1. The maximum atomic E-state index is 13.3. The fourth-order valence-corrected chi connectivity index (χ4v) is 3.39. The average Bonchev–Trinajstić information content (AvgIpc) is 3.24. The molecule has 0 aliphatic carbocycles. The van der Waals surface area contributed by atoms with Crippen LogP contribution in [0, 0.1) is 12.7 Å². The van der Waals surface area contributed by atoms with Crippen LogP contribution in [0.1, 0.15) is 16.1 Å². The molecule has 0 spiro atoms. The van der Waals surface area contributed by atoms with Crippen molar-refractivity contribution in [1.29, 1.82) is 0 Å². The van der Waals surface area contributed by atoms with Crippen LogP contribution in [0.5, 0.6) is 11.5 Å². The van der Waals surface area contributed by atoms with E-state index in [1.165, 1.54) is 48.8 Å². The number of hydrogen-bond donors (Lipinski definition) is 3. The van der Waals surface area contributed by atoms with Gasteiger partial charge in [0, 0.05) is 12.3 Å². The summed E-state index contributed by atoms with van der Waals surface area (Å²) in [5.41, 5.74) is 6.27. The number of aromatic amines is 1. The zero-order valence-electron chi connectivity index (χ0n) is 18.2. The van der Waals surface area contributed by atoms with Crippen molar-refractivity contribution in [3.05, 3.63) is 88.4 Å². The molecule has 4 N–H and O–H groups in total. The van der Waals surface area contributed by atoms with Gasteiger partial charge in [0.15, 0.2) is 5.65 Å². The third-order valence-electron chi connectivity index (χ3n) is 5.00. The summed E-state index contributed by atoms with van der Waals surface area (Å²) in [6, 6.07) is 11.4. The Balaban J connectivity index is 1.36. The van der Waals surface area contributed by atoms with Crippen molar-refractivity contribution in [1.82, 2.24) is 29.9 Å². The highest BCUT2D eigenvalue weighted by atomic mass is 19.1. The van der Waals surface area contributed by atoms with Gasteiger partial charge in [0.2, 0.25) is 0 Å². The molecule has 11 nitrogen and oxygen atoms in total. The Morgan fingerprint density at radius 1 is 1.14 bits per heavy atom. The highest BCUT2D eigenvalue weighted by Crippen LogP contribution is 2.31. The molecule has 0 bridgehead atoms. The van der Waals surface area contributed by atoms with Gasteiger partial charge in [0.1, 0.15) is 39.9 Å². The van der Waals surface area contributed by atoms with Gasteiger partial charge in [-0.05, 0) is 49.4 Å². The van der Waals surface area contributed by atoms with Crippen molar-refractivity contribution in [3.8, 4) is 17.2 Å². The minimum absolute atomic E-state index is 0.140. The second-order valence-electron chi connectivity index (χ2n) is 7.47. The number of aromatic nitrogens is 6. The lowest BCUT2D eigenvalue weighted by atomic mass is 10.2. The molecule has 0 aliphatic heterocycles. The molecular formula is C23H17FN8O3. The van der Waals surface area contributed by atoms with Crippen LogP contribution in [0.3, 0.4) is 0 Å². The number of nitrogens with zero attached hydrogens (tertiary/aromatic N) is 5. The third kappa shape index (κ3) is 4.27. The number of aryl methyl sites for hydroxylation is 1. The van der Waals surface area contributed by atoms with Gasteiger partial charge >= 0.3 is 0 Å². The molecule has 0 aliphatic rings. The summed E-state index contributed by atoms with van der Waals surface area (Å²) < 4.78 is 20.1. The van der Waals surface area contributed by atoms with Crippen molar-refractivity contribution in [2.75, 3.05) is 11.1 Å². The number of carbonyl (C=O) groups is 1. The Morgan fingerprint density at radius 3 is 2.69 bits per heavy atom. The zero-order chi connectivity index (χ0) is 24.5. The predicted octanol–water partition coefficient (Wildman–Crippen LogP) is 2.97. The number of nitrogens with two attached hydrogens (primary N) is 1. The van der Waals surface area contributed by atoms with Crippen LogP contribution in [0.4, 0.5) is 16.0 Å². The Bertz CT molecular complexity index is 1610. The number of fused-ring (bicyclic) bond motifs is 1. The van der Waals surface area contributed by atoms with Crippen LogP contribution < -0.4 is 21.3 Å². The molecule has 0 radical (unpaired) electrons. The number of nitrogen functional groups attached to an aromatic ring is 1. The molecule has 5 aromatic rings. The number of rotatable bonds is 5. The first kappa shape index (κ1) is 21.7. The van der Waals surface area contributed by atoms with Gasteiger partial charge in [0.05, 0.1) is 17.6 Å². The molecule has 1 amide bonds. The molecule has 12 heteroatoms. The molecule has 35 heavy (non-hydrogen) atoms. The Labute approximate surface area is 196 Å². The summed E-state index contributed by atoms with van der Waals surface area (Å²) in [4.78, 5) is 34.0. The molecule has 4 aromatic heterocycles. The molecule has 1 aromatic carbocycles. The highest BCUT2D eigenvalue weighted by molar-refractivity contribution is 6.03. The first-order chi connectivity index (χ1) is 16.9. The van der Waals surface area contributed by atoms with Crippen LogP contribution in [0.15, 0.2) is 65.7 Å². The highest BCUT2D eigenvalue weighted by Gasteiger charge is 2.17. The number of hydrogen-bond acceptors (Lipinski definition) is 8. The lowest BCUT2D eigenvalue weighted by molar-refractivity contribution is 0.102. The van der Waals surface area contributed by atoms with E-state index in [1.54, 1.807) is 19.1 Å². The number of pyridine rings is 2. The molecule has 0 atom stereocenters. The summed E-state index contributed by atoms with van der Waals surface area (Å²) in [5.74, 6) is 0.223. The van der Waals surface area contributed by atoms with Crippen molar-refractivity contribution >= 4 is 28.6 Å². The van der Waals surface area contributed by atoms with E-state index >= 15 is 0 Å². The van der Waals surface area contributed by atoms with Crippen LogP contribution in [-0.4, -0.2) is 35.9 Å². The van der Waals surface area contributed by atoms with E-state index in [0.717, 1.165) is 4.68 Å². The number of ether oxygens (including phenoxy) is 1. The van der Waals surface area contributed by atoms with Gasteiger partial charge < -0.3 is 15.8 Å². The summed E-state index contributed by atoms with van der Waals surface area (Å²) in [6.45, 7) is 1.64. The van der Waals surface area contributed by atoms with Gasteiger partial charge in [-0.25, -0.2) is 14.4 Å². The van der Waals surface area contributed by atoms with E-state index < -0.39 is 17.3 Å². The van der Waals surface area contributed by atoms with Gasteiger partial charge in [-0.15, -0.1) is 0 Å². The normalized spacial score (nSPS) is 10.9. The summed E-state index contributed by atoms with van der Waals surface area (Å²) >= 11 is 0. The molecule has 4 heterocycles. The number of halogens is 1. The molecular weight excluding hydrogens is 455 g/mol. The Kier molecular flexibility index (Phi) is 5.37. The average molecular weight is 472 g/mol. The van der Waals surface area contributed by atoms with E-state index in [4.69, 9.17) is 10.5 Å². The van der Waals surface area contributed by atoms with Crippen LogP contribution >= 0.6 is 0 Å². The maximum Gasteiger partial charge on any atom is 0.284 e. The summed E-state index contributed by atoms with van der Waals surface area (Å²) in [6.07, 6.45) is 2.95. The molecule has 5 rings (SSSR count). The van der Waals surface area contributed by atoms with Crippen molar-refractivity contribution in [2.45, 2.75) is 6.92 Å². The molecule has 0 unspecified atom stereocenters. The van der Waals surface area contributed by atoms with Crippen molar-refractivity contribution < 1.29 is 13.9 Å². The number of carbonyl (C=O) groups excluding carboxylic acids is 1. The topological polar surface area (TPSA) is 154 Å². The van der Waals surface area contributed by atoms with E-state index in [9.17, 15) is 14.0 Å². The van der Waals surface area contributed by atoms with Gasteiger partial charge in [-0.3, -0.25) is 14.7 Å². The minimum atomic E-state index is -0.667. The second kappa shape index (κ2) is 8.67. The number of nitrogens with one attached hydrogen (secondary N) is 2. The quantitative estimate of drug-likeness (QED) is 0.353. The fourth-order valence-electron chi connectivity index (χ4n) is 3.39. The minimum Gasteiger partial charge on any atom is -0.455 e. The molecule has 0 fully saturated rings. The first-order valence-electron chi connectivity index (χ1n) is 10.3. The standard InChI is InChI=1S/C23H17FN8O3/c1-12-10-16(23(34)32(31-12)14-4-2-13(24)3-5-14)22(33)28-18-7-6-15(11-27-18)35-17-8-9-26-21-19(17)20(25)29-30-21/h2-11H,1H3,(H,27,28,33)(H3,25,26,29,30). The van der Waals surface area contributed by atoms with Gasteiger partial charge in [0.25, 0.3) is 11.5 Å². The third-order valence-corrected chi connectivity index (χ3v) is 5.00. The SMILES string of the molecule is Cc1cc(C(=O)Nc2ccc(Oc3ccnc4n[nH]c(N)c34)cn2)c(=O)n(-c2ccc(F)cc2)n1. The van der Waals surface area contributed by atoms with Crippen LogP contribution in [0.25, 0.3) is 16.7 Å². The number of anilines is 2. The molecule has 0 saturated heterocycles. The summed E-state index contributed by atoms with van der Waals surface area (Å²) in [7, 11) is 0. The van der Waals surface area contributed by atoms with E-state index in [1.807, 2.05) is 0 Å². The first-order valence-corrected chi connectivity index (χ1v) is 10.3. The second-order valence-corrected chi connectivity index (χ2v) is 7.47. The Morgan fingerprint density at radius 2 is 1.94 bits per heavy atom. The Hall–Kier alpha value is -5.13. The van der Waals surface area contributed by atoms with Crippen LogP contribution in [0.2, 0.25) is 0 Å². The van der Waals surface area contributed by atoms with Crippen molar-refractivity contribution in [2.24, 2.45) is 0 Å². The smallest absolute Gasteiger partial charge is 0.284 e. The summed E-state index contributed by atoms with van der Waals surface area (Å²) in [5, 5.41) is 13.9. The van der Waals surface area contributed by atoms with Crippen LogP contribution in [-0.2, 0) is 0 Å². The lowest BCUT2D eigenvalue weighted by Crippen LogP contribution is -2.30. The van der Waals surface area contributed by atoms with Crippen molar-refractivity contribution in [3.63, 3.8) is 0 Å². The van der Waals surface area contributed by atoms with E-state index in [-0.39, 0.29) is 11.4 Å². The molecule has 0 saturated carbocycles. The largest absolute Gasteiger partial charge is 0.455 e.